The van der Waals surface area contributed by atoms with Crippen molar-refractivity contribution in [2.24, 2.45) is 23.1 Å². The molecule has 2 aromatic heterocycles. The number of carbonyl (C=O) groups excluding carboxylic acids is 3. The van der Waals surface area contributed by atoms with Crippen LogP contribution in [-0.2, 0) is 27.9 Å². The highest BCUT2D eigenvalue weighted by Gasteiger charge is 2.22. The highest BCUT2D eigenvalue weighted by Crippen LogP contribution is 2.23. The molecular weight excluding hydrogens is 556 g/mol. The summed E-state index contributed by atoms with van der Waals surface area (Å²) < 4.78 is 11.3. The summed E-state index contributed by atoms with van der Waals surface area (Å²) in [4.78, 5) is 62.7. The molecule has 14 nitrogen and oxygen atoms in total. The van der Waals surface area contributed by atoms with Crippen molar-refractivity contribution in [2.45, 2.75) is 19.9 Å². The molecule has 0 unspecified atom stereocenters. The number of pyridine rings is 1. The molecule has 0 saturated carbocycles. The van der Waals surface area contributed by atoms with Crippen LogP contribution in [0, 0.1) is 4.91 Å². The van der Waals surface area contributed by atoms with Crippen LogP contribution in [0.3, 0.4) is 0 Å². The van der Waals surface area contributed by atoms with Crippen molar-refractivity contribution >= 4 is 46.3 Å². The van der Waals surface area contributed by atoms with E-state index in [4.69, 9.17) is 10.5 Å². The lowest BCUT2D eigenvalue weighted by Crippen LogP contribution is -2.34. The average molecular weight is 587 g/mol. The lowest BCUT2D eigenvalue weighted by molar-refractivity contribution is -0.142. The summed E-state index contributed by atoms with van der Waals surface area (Å²) >= 11 is 0. The molecule has 0 aliphatic heterocycles. The molecule has 0 fully saturated rings. The smallest absolute Gasteiger partial charge is 0.435 e. The maximum atomic E-state index is 13.6. The van der Waals surface area contributed by atoms with Crippen LogP contribution in [0.25, 0.3) is 11.0 Å². The Morgan fingerprint density at radius 1 is 1.05 bits per heavy atom. The van der Waals surface area contributed by atoms with Gasteiger partial charge >= 0.3 is 12.1 Å². The van der Waals surface area contributed by atoms with E-state index in [2.05, 4.69) is 25.0 Å². The first-order chi connectivity index (χ1) is 20.7. The Morgan fingerprint density at radius 2 is 1.79 bits per heavy atom. The minimum atomic E-state index is -0.828. The number of rotatable bonds is 11. The number of amides is 2. The lowest BCUT2D eigenvalue weighted by Gasteiger charge is -2.21. The normalized spacial score (nSPS) is 11.2. The van der Waals surface area contributed by atoms with Gasteiger partial charge in [0.25, 0.3) is 5.91 Å². The SMILES string of the molecule is CCOC(=O)CCN(C(=O)c1ccc2c(c1)nc(CN(N=O)c1ccc(C(N)=NC(=O)OC)cc1)n2C)c1ccccn1. The van der Waals surface area contributed by atoms with E-state index in [-0.39, 0.29) is 37.9 Å². The van der Waals surface area contributed by atoms with Gasteiger partial charge in [0, 0.05) is 30.9 Å². The number of ether oxygens (including phenoxy) is 2. The molecule has 14 heteroatoms. The summed E-state index contributed by atoms with van der Waals surface area (Å²) in [5, 5.41) is 4.35. The molecule has 0 aliphatic rings. The van der Waals surface area contributed by atoms with E-state index in [1.165, 1.54) is 17.0 Å². The molecular formula is C29H30N8O6. The van der Waals surface area contributed by atoms with Crippen LogP contribution in [0.5, 0.6) is 0 Å². The van der Waals surface area contributed by atoms with Gasteiger partial charge in [-0.1, -0.05) is 6.07 Å². The molecule has 2 heterocycles. The average Bonchev–Trinajstić information content (AvgIpc) is 3.34. The summed E-state index contributed by atoms with van der Waals surface area (Å²) in [5.41, 5.74) is 8.36. The molecule has 0 atom stereocenters. The van der Waals surface area contributed by atoms with Crippen molar-refractivity contribution in [3.63, 3.8) is 0 Å². The second kappa shape index (κ2) is 13.8. The second-order valence-electron chi connectivity index (χ2n) is 9.14. The fraction of sp³-hybridized carbons (Fsp3) is 0.241. The minimum absolute atomic E-state index is 0.00626. The number of fused-ring (bicyclic) bond motifs is 1. The van der Waals surface area contributed by atoms with Crippen LogP contribution in [0.2, 0.25) is 0 Å². The molecule has 222 valence electrons. The largest absolute Gasteiger partial charge is 0.466 e. The standard InChI is InChI=1S/C29H30N8O6/c1-4-43-26(38)14-16-36(24-7-5-6-15-31-24)28(39)20-10-13-23-22(17-20)32-25(35(23)2)18-37(34-41)21-11-8-19(9-12-21)27(30)33-29(40)42-3/h5-13,15,17H,4,14,16,18H2,1-3H3,(H2,30,33,40). The predicted octanol–water partition coefficient (Wildman–Crippen LogP) is 3.73. The van der Waals surface area contributed by atoms with Crippen molar-refractivity contribution in [3.05, 3.63) is 88.7 Å². The Balaban J connectivity index is 1.57. The van der Waals surface area contributed by atoms with E-state index >= 15 is 0 Å². The van der Waals surface area contributed by atoms with E-state index in [1.807, 2.05) is 0 Å². The maximum absolute atomic E-state index is 13.6. The molecule has 43 heavy (non-hydrogen) atoms. The number of amidine groups is 1. The van der Waals surface area contributed by atoms with Gasteiger partial charge in [-0.2, -0.15) is 4.99 Å². The number of nitrogens with two attached hydrogens (primary N) is 1. The number of hydrogen-bond acceptors (Lipinski definition) is 9. The van der Waals surface area contributed by atoms with Gasteiger partial charge in [0.05, 0.1) is 42.1 Å². The third-order valence-electron chi connectivity index (χ3n) is 6.47. The number of hydrogen-bond donors (Lipinski definition) is 1. The molecule has 2 amide bonds. The number of carbonyl (C=O) groups is 3. The Kier molecular flexibility index (Phi) is 9.73. The van der Waals surface area contributed by atoms with Gasteiger partial charge in [-0.25, -0.2) is 19.8 Å². The Hall–Kier alpha value is -5.66. The quantitative estimate of drug-likeness (QED) is 0.0896. The molecule has 4 aromatic rings. The fourth-order valence-corrected chi connectivity index (χ4v) is 4.26. The number of aliphatic imine (C=N–C) groups is 1. The number of anilines is 2. The number of methoxy groups -OCH3 is 1. The van der Waals surface area contributed by atoms with Gasteiger partial charge in [0.15, 0.2) is 0 Å². The number of esters is 1. The van der Waals surface area contributed by atoms with E-state index in [9.17, 15) is 19.3 Å². The molecule has 0 spiro atoms. The Morgan fingerprint density at radius 3 is 2.44 bits per heavy atom. The molecule has 4 rings (SSSR count). The molecule has 0 aliphatic carbocycles. The van der Waals surface area contributed by atoms with Crippen LogP contribution in [0.15, 0.2) is 77.1 Å². The van der Waals surface area contributed by atoms with E-state index in [1.54, 1.807) is 85.4 Å². The van der Waals surface area contributed by atoms with Crippen LogP contribution < -0.4 is 15.6 Å². The number of aromatic nitrogens is 3. The van der Waals surface area contributed by atoms with Crippen LogP contribution in [-0.4, -0.2) is 58.6 Å². The summed E-state index contributed by atoms with van der Waals surface area (Å²) in [5.74, 6) is 0.104. The van der Waals surface area contributed by atoms with Crippen LogP contribution in [0.1, 0.15) is 35.1 Å². The van der Waals surface area contributed by atoms with Gasteiger partial charge in [0.2, 0.25) is 0 Å². The molecule has 0 radical (unpaired) electrons. The van der Waals surface area contributed by atoms with Crippen LogP contribution in [0.4, 0.5) is 16.3 Å². The van der Waals surface area contributed by atoms with Crippen molar-refractivity contribution < 1.29 is 23.9 Å². The summed E-state index contributed by atoms with van der Waals surface area (Å²) in [6.45, 7) is 2.08. The number of aryl methyl sites for hydroxylation is 1. The van der Waals surface area contributed by atoms with Gasteiger partial charge < -0.3 is 19.8 Å². The summed E-state index contributed by atoms with van der Waals surface area (Å²) in [7, 11) is 2.99. The van der Waals surface area contributed by atoms with Crippen molar-refractivity contribution in [3.8, 4) is 0 Å². The van der Waals surface area contributed by atoms with Gasteiger partial charge in [0.1, 0.15) is 24.0 Å². The van der Waals surface area contributed by atoms with Crippen molar-refractivity contribution in [1.29, 1.82) is 0 Å². The van der Waals surface area contributed by atoms with Crippen molar-refractivity contribution in [1.82, 2.24) is 14.5 Å². The minimum Gasteiger partial charge on any atom is -0.466 e. The highest BCUT2D eigenvalue weighted by atomic mass is 16.5. The molecule has 2 N–H and O–H groups in total. The third kappa shape index (κ3) is 7.16. The van der Waals surface area contributed by atoms with Gasteiger partial charge in [-0.15, -0.1) is 4.91 Å². The molecule has 0 bridgehead atoms. The predicted molar refractivity (Wildman–Crippen MR) is 159 cm³/mol. The highest BCUT2D eigenvalue weighted by molar-refractivity contribution is 6.07. The number of nitrogens with zero attached hydrogens (tertiary/aromatic N) is 7. The van der Waals surface area contributed by atoms with E-state index < -0.39 is 12.1 Å². The third-order valence-corrected chi connectivity index (χ3v) is 6.47. The lowest BCUT2D eigenvalue weighted by atomic mass is 10.1. The zero-order chi connectivity index (χ0) is 30.9. The zero-order valence-corrected chi connectivity index (χ0v) is 23.8. The first kappa shape index (κ1) is 30.3. The monoisotopic (exact) mass is 586 g/mol. The molecule has 0 saturated heterocycles. The number of benzene rings is 2. The first-order valence-electron chi connectivity index (χ1n) is 13.2. The summed E-state index contributed by atoms with van der Waals surface area (Å²) in [6.07, 6.45) is 0.747. The number of imidazole rings is 1. The first-order valence-corrected chi connectivity index (χ1v) is 13.2. The molecule has 2 aromatic carbocycles. The maximum Gasteiger partial charge on any atom is 0.435 e. The second-order valence-corrected chi connectivity index (χ2v) is 9.14. The Labute approximate surface area is 246 Å². The van der Waals surface area contributed by atoms with Crippen LogP contribution >= 0.6 is 0 Å². The van der Waals surface area contributed by atoms with Gasteiger partial charge in [-0.05, 0) is 61.5 Å². The fourth-order valence-electron chi connectivity index (χ4n) is 4.26. The Bertz CT molecular complexity index is 1650. The van der Waals surface area contributed by atoms with E-state index in [0.717, 1.165) is 5.52 Å². The van der Waals surface area contributed by atoms with E-state index in [0.29, 0.717) is 34.0 Å². The zero-order valence-electron chi connectivity index (χ0n) is 23.8. The number of nitroso groups, excluding NO2 is 1. The topological polar surface area (TPSA) is 175 Å². The van der Waals surface area contributed by atoms with Crippen molar-refractivity contribution in [2.75, 3.05) is 30.2 Å². The summed E-state index contributed by atoms with van der Waals surface area (Å²) in [6, 6.07) is 16.7. The van der Waals surface area contributed by atoms with Gasteiger partial charge in [-0.3, -0.25) is 14.5 Å².